The number of benzene rings is 1. The maximum absolute atomic E-state index is 13.6. The van der Waals surface area contributed by atoms with Crippen molar-refractivity contribution in [1.29, 1.82) is 0 Å². The number of nitrogens with zero attached hydrogens (tertiary/aromatic N) is 2. The van der Waals surface area contributed by atoms with Crippen LogP contribution in [0.3, 0.4) is 0 Å². The van der Waals surface area contributed by atoms with E-state index in [2.05, 4.69) is 0 Å². The van der Waals surface area contributed by atoms with Crippen molar-refractivity contribution in [3.8, 4) is 5.69 Å². The molecule has 1 aliphatic rings. The maximum Gasteiger partial charge on any atom is 0.254 e. The van der Waals surface area contributed by atoms with Gasteiger partial charge in [0.05, 0.1) is 6.54 Å². The largest absolute Gasteiger partial charge is 0.368 e. The number of amides is 2. The summed E-state index contributed by atoms with van der Waals surface area (Å²) in [5.74, 6) is -1.05. The second kappa shape index (κ2) is 5.63. The van der Waals surface area contributed by atoms with E-state index in [-0.39, 0.29) is 18.9 Å². The van der Waals surface area contributed by atoms with E-state index in [9.17, 15) is 14.0 Å². The highest BCUT2D eigenvalue weighted by atomic mass is 19.1. The minimum atomic E-state index is -1.21. The lowest BCUT2D eigenvalue weighted by atomic mass is 10.1. The van der Waals surface area contributed by atoms with Crippen molar-refractivity contribution in [3.05, 3.63) is 54.4 Å². The van der Waals surface area contributed by atoms with Crippen molar-refractivity contribution in [2.75, 3.05) is 6.54 Å². The molecule has 1 aliphatic heterocycles. The molecule has 0 bridgehead atoms. The number of nitrogens with two attached hydrogens (primary N) is 1. The first-order chi connectivity index (χ1) is 10.6. The molecular formula is C16H16FN3O2. The lowest BCUT2D eigenvalue weighted by Gasteiger charge is -2.22. The van der Waals surface area contributed by atoms with E-state index < -0.39 is 18.1 Å². The van der Waals surface area contributed by atoms with Gasteiger partial charge in [-0.1, -0.05) is 6.07 Å². The second-order valence-electron chi connectivity index (χ2n) is 5.35. The van der Waals surface area contributed by atoms with E-state index >= 15 is 0 Å². The Bertz CT molecular complexity index is 699. The molecule has 1 aromatic carbocycles. The quantitative estimate of drug-likeness (QED) is 0.934. The molecule has 0 saturated carbocycles. The maximum atomic E-state index is 13.6. The molecule has 1 fully saturated rings. The summed E-state index contributed by atoms with van der Waals surface area (Å²) in [6.07, 6.45) is 2.49. The zero-order chi connectivity index (χ0) is 15.7. The van der Waals surface area contributed by atoms with Gasteiger partial charge >= 0.3 is 0 Å². The molecule has 5 nitrogen and oxygen atoms in total. The number of aromatic nitrogens is 1. The molecule has 2 aromatic rings. The van der Waals surface area contributed by atoms with Gasteiger partial charge in [0.15, 0.2) is 0 Å². The topological polar surface area (TPSA) is 68.3 Å². The monoisotopic (exact) mass is 301 g/mol. The summed E-state index contributed by atoms with van der Waals surface area (Å²) in [6, 6.07) is 9.87. The van der Waals surface area contributed by atoms with Crippen LogP contribution < -0.4 is 5.73 Å². The first-order valence-corrected chi connectivity index (χ1v) is 7.04. The summed E-state index contributed by atoms with van der Waals surface area (Å²) in [6.45, 7) is -0.0970. The number of alkyl halides is 1. The minimum absolute atomic E-state index is 0.0294. The number of primary amides is 1. The second-order valence-corrected chi connectivity index (χ2v) is 5.35. The molecule has 0 radical (unpaired) electrons. The lowest BCUT2D eigenvalue weighted by molar-refractivity contribution is -0.121. The normalized spacial score (nSPS) is 21.0. The Morgan fingerprint density at radius 3 is 2.59 bits per heavy atom. The fourth-order valence-electron chi connectivity index (χ4n) is 2.75. The van der Waals surface area contributed by atoms with Crippen LogP contribution in [0.5, 0.6) is 0 Å². The first-order valence-electron chi connectivity index (χ1n) is 7.04. The molecule has 2 heterocycles. The summed E-state index contributed by atoms with van der Waals surface area (Å²) >= 11 is 0. The Labute approximate surface area is 127 Å². The minimum Gasteiger partial charge on any atom is -0.368 e. The van der Waals surface area contributed by atoms with Gasteiger partial charge in [0, 0.05) is 30.1 Å². The summed E-state index contributed by atoms with van der Waals surface area (Å²) < 4.78 is 15.4. The SMILES string of the molecule is NC(=O)[C@@H]1C[C@@H](F)CN1C(=O)c1cccc(-n2cccc2)c1. The molecule has 0 unspecified atom stereocenters. The Kier molecular flexibility index (Phi) is 3.66. The fraction of sp³-hybridized carbons (Fsp3) is 0.250. The van der Waals surface area contributed by atoms with E-state index in [1.165, 1.54) is 4.90 Å². The summed E-state index contributed by atoms with van der Waals surface area (Å²) in [4.78, 5) is 25.2. The van der Waals surface area contributed by atoms with Crippen LogP contribution in [-0.2, 0) is 4.79 Å². The number of likely N-dealkylation sites (tertiary alicyclic amines) is 1. The first kappa shape index (κ1) is 14.3. The third-order valence-corrected chi connectivity index (χ3v) is 3.84. The zero-order valence-electron chi connectivity index (χ0n) is 11.9. The molecule has 2 N–H and O–H groups in total. The van der Waals surface area contributed by atoms with Gasteiger partial charge in [-0.15, -0.1) is 0 Å². The van der Waals surface area contributed by atoms with E-state index in [1.54, 1.807) is 18.2 Å². The Hall–Kier alpha value is -2.63. The number of hydrogen-bond donors (Lipinski definition) is 1. The van der Waals surface area contributed by atoms with Crippen molar-refractivity contribution in [1.82, 2.24) is 9.47 Å². The van der Waals surface area contributed by atoms with Crippen LogP contribution in [0.4, 0.5) is 4.39 Å². The summed E-state index contributed by atoms with van der Waals surface area (Å²) in [5, 5.41) is 0. The number of carbonyl (C=O) groups excluding carboxylic acids is 2. The van der Waals surface area contributed by atoms with Gasteiger partial charge in [-0.3, -0.25) is 9.59 Å². The number of halogens is 1. The smallest absolute Gasteiger partial charge is 0.254 e. The third kappa shape index (κ3) is 2.59. The van der Waals surface area contributed by atoms with Gasteiger partial charge in [0.1, 0.15) is 12.2 Å². The molecule has 1 aromatic heterocycles. The Morgan fingerprint density at radius 1 is 1.18 bits per heavy atom. The number of hydrogen-bond acceptors (Lipinski definition) is 2. The van der Waals surface area contributed by atoms with Crippen LogP contribution in [0.2, 0.25) is 0 Å². The van der Waals surface area contributed by atoms with Crippen LogP contribution in [0.15, 0.2) is 48.8 Å². The Morgan fingerprint density at radius 2 is 1.91 bits per heavy atom. The average Bonchev–Trinajstić information content (AvgIpc) is 3.16. The Balaban J connectivity index is 1.89. The lowest BCUT2D eigenvalue weighted by Crippen LogP contribution is -2.43. The zero-order valence-corrected chi connectivity index (χ0v) is 11.9. The molecule has 22 heavy (non-hydrogen) atoms. The molecule has 2 atom stereocenters. The average molecular weight is 301 g/mol. The highest BCUT2D eigenvalue weighted by molar-refractivity contribution is 5.98. The van der Waals surface area contributed by atoms with Crippen molar-refractivity contribution < 1.29 is 14.0 Å². The van der Waals surface area contributed by atoms with E-state index in [0.29, 0.717) is 5.56 Å². The fourth-order valence-corrected chi connectivity index (χ4v) is 2.75. The van der Waals surface area contributed by atoms with Crippen molar-refractivity contribution in [2.24, 2.45) is 5.73 Å². The van der Waals surface area contributed by atoms with Crippen LogP contribution in [0, 0.1) is 0 Å². The van der Waals surface area contributed by atoms with E-state index in [1.807, 2.05) is 35.2 Å². The predicted octanol–water partition coefficient (Wildman–Crippen LogP) is 1.52. The number of carbonyl (C=O) groups is 2. The standard InChI is InChI=1S/C16H16FN3O2/c17-12-9-14(15(18)21)20(10-12)16(22)11-4-3-5-13(8-11)19-6-1-2-7-19/h1-8,12,14H,9-10H2,(H2,18,21)/t12-,14+/m1/s1. The summed E-state index contributed by atoms with van der Waals surface area (Å²) in [5.41, 5.74) is 6.50. The van der Waals surface area contributed by atoms with E-state index in [0.717, 1.165) is 5.69 Å². The van der Waals surface area contributed by atoms with Gasteiger partial charge in [-0.25, -0.2) is 4.39 Å². The molecule has 2 amide bonds. The summed E-state index contributed by atoms with van der Waals surface area (Å²) in [7, 11) is 0. The van der Waals surface area contributed by atoms with Crippen LogP contribution in [0.25, 0.3) is 5.69 Å². The van der Waals surface area contributed by atoms with Crippen LogP contribution in [-0.4, -0.2) is 40.0 Å². The highest BCUT2D eigenvalue weighted by Gasteiger charge is 2.39. The molecular weight excluding hydrogens is 285 g/mol. The van der Waals surface area contributed by atoms with Gasteiger partial charge in [0.25, 0.3) is 5.91 Å². The molecule has 1 saturated heterocycles. The van der Waals surface area contributed by atoms with Gasteiger partial charge in [0.2, 0.25) is 5.91 Å². The predicted molar refractivity (Wildman–Crippen MR) is 79.3 cm³/mol. The van der Waals surface area contributed by atoms with Crippen molar-refractivity contribution in [3.63, 3.8) is 0 Å². The highest BCUT2D eigenvalue weighted by Crippen LogP contribution is 2.23. The molecule has 0 spiro atoms. The van der Waals surface area contributed by atoms with Gasteiger partial charge < -0.3 is 15.2 Å². The number of rotatable bonds is 3. The van der Waals surface area contributed by atoms with Crippen molar-refractivity contribution in [2.45, 2.75) is 18.6 Å². The molecule has 6 heteroatoms. The molecule has 114 valence electrons. The van der Waals surface area contributed by atoms with Gasteiger partial charge in [-0.2, -0.15) is 0 Å². The third-order valence-electron chi connectivity index (χ3n) is 3.84. The van der Waals surface area contributed by atoms with Crippen molar-refractivity contribution >= 4 is 11.8 Å². The van der Waals surface area contributed by atoms with Gasteiger partial charge in [-0.05, 0) is 30.3 Å². The molecule has 3 rings (SSSR count). The van der Waals surface area contributed by atoms with Crippen LogP contribution >= 0.6 is 0 Å². The van der Waals surface area contributed by atoms with E-state index in [4.69, 9.17) is 5.73 Å². The van der Waals surface area contributed by atoms with Crippen LogP contribution in [0.1, 0.15) is 16.8 Å². The molecule has 0 aliphatic carbocycles.